The SMILES string of the molecule is CC(C)N([SiH2][SiH2]N(C(C)C)[Si](C)(C)C)C(C)C. The van der Waals surface area contributed by atoms with E-state index >= 15 is 0 Å². The van der Waals surface area contributed by atoms with Gasteiger partial charge < -0.3 is 8.80 Å². The molecular formula is C12H34N2Si3. The summed E-state index contributed by atoms with van der Waals surface area (Å²) in [6.45, 7) is 21.7. The van der Waals surface area contributed by atoms with Crippen LogP contribution in [-0.2, 0) is 0 Å². The first-order valence-corrected chi connectivity index (χ1v) is 15.8. The molecule has 0 unspecified atom stereocenters. The minimum Gasteiger partial charge on any atom is -0.350 e. The van der Waals surface area contributed by atoms with Gasteiger partial charge in [0.05, 0.1) is 18.4 Å². The molecule has 0 radical (unpaired) electrons. The molecule has 17 heavy (non-hydrogen) atoms. The molecule has 104 valence electrons. The Balaban J connectivity index is 4.49. The summed E-state index contributed by atoms with van der Waals surface area (Å²) in [4.78, 5) is 0. The largest absolute Gasteiger partial charge is 0.350 e. The van der Waals surface area contributed by atoms with E-state index in [1.54, 1.807) is 0 Å². The third-order valence-corrected chi connectivity index (χ3v) is 17.5. The first kappa shape index (κ1) is 17.6. The highest BCUT2D eigenvalue weighted by atomic mass is 29.2. The van der Waals surface area contributed by atoms with Crippen molar-refractivity contribution in [2.45, 2.75) is 79.3 Å². The highest BCUT2D eigenvalue weighted by molar-refractivity contribution is 7.02. The molecule has 0 aliphatic heterocycles. The molecule has 0 atom stereocenters. The predicted octanol–water partition coefficient (Wildman–Crippen LogP) is 1.73. The Labute approximate surface area is 115 Å². The molecule has 0 aromatic carbocycles. The Morgan fingerprint density at radius 1 is 0.706 bits per heavy atom. The standard InChI is InChI=1S/C12H34N2Si3/c1-10(2)13(11(3)4)15-16-14(12(5)6)17(7,8)9/h10-12H,15-16H2,1-9H3. The second kappa shape index (κ2) is 7.23. The maximum Gasteiger partial charge on any atom is 0.112 e. The van der Waals surface area contributed by atoms with E-state index in [0.717, 1.165) is 18.1 Å². The summed E-state index contributed by atoms with van der Waals surface area (Å²) in [7, 11) is -1.09. The van der Waals surface area contributed by atoms with Gasteiger partial charge in [0.2, 0.25) is 0 Å². The normalized spacial score (nSPS) is 15.2. The van der Waals surface area contributed by atoms with Gasteiger partial charge >= 0.3 is 0 Å². The lowest BCUT2D eigenvalue weighted by Crippen LogP contribution is -2.57. The van der Waals surface area contributed by atoms with Crippen LogP contribution in [0.5, 0.6) is 0 Å². The summed E-state index contributed by atoms with van der Waals surface area (Å²) in [6.07, 6.45) is 0. The molecule has 0 spiro atoms. The van der Waals surface area contributed by atoms with E-state index in [-0.39, 0.29) is 18.4 Å². The van der Waals surface area contributed by atoms with Gasteiger partial charge in [0, 0.05) is 0 Å². The van der Waals surface area contributed by atoms with E-state index in [4.69, 9.17) is 0 Å². The predicted molar refractivity (Wildman–Crippen MR) is 89.5 cm³/mol. The van der Waals surface area contributed by atoms with Crippen molar-refractivity contribution < 1.29 is 0 Å². The summed E-state index contributed by atoms with van der Waals surface area (Å²) in [5.74, 6) is 0. The van der Waals surface area contributed by atoms with Crippen molar-refractivity contribution in [3.05, 3.63) is 0 Å². The monoisotopic (exact) mass is 290 g/mol. The molecule has 0 aromatic rings. The highest BCUT2D eigenvalue weighted by Crippen LogP contribution is 2.12. The average Bonchev–Trinajstić information content (AvgIpc) is 2.07. The van der Waals surface area contributed by atoms with Gasteiger partial charge in [-0.2, -0.15) is 0 Å². The zero-order valence-corrected chi connectivity index (χ0v) is 17.4. The Hall–Kier alpha value is 0.571. The molecule has 0 aromatic heterocycles. The Kier molecular flexibility index (Phi) is 7.47. The fraction of sp³-hybridized carbons (Fsp3) is 1.00. The molecule has 5 heteroatoms. The van der Waals surface area contributed by atoms with Crippen LogP contribution >= 0.6 is 0 Å². The summed E-state index contributed by atoms with van der Waals surface area (Å²) in [5, 5.41) is 0. The zero-order valence-electron chi connectivity index (χ0n) is 13.5. The zero-order chi connectivity index (χ0) is 13.8. The van der Waals surface area contributed by atoms with Crippen molar-refractivity contribution in [2.24, 2.45) is 0 Å². The fourth-order valence-corrected chi connectivity index (χ4v) is 21.9. The molecule has 0 rings (SSSR count). The van der Waals surface area contributed by atoms with E-state index in [1.165, 1.54) is 0 Å². The molecule has 0 amide bonds. The van der Waals surface area contributed by atoms with Crippen LogP contribution in [0.1, 0.15) is 41.5 Å². The van der Waals surface area contributed by atoms with E-state index < -0.39 is 8.24 Å². The molecule has 0 bridgehead atoms. The Bertz CT molecular complexity index is 204. The van der Waals surface area contributed by atoms with Gasteiger partial charge in [0.25, 0.3) is 0 Å². The van der Waals surface area contributed by atoms with Crippen molar-refractivity contribution in [3.8, 4) is 0 Å². The van der Waals surface area contributed by atoms with Crippen molar-refractivity contribution in [1.29, 1.82) is 0 Å². The van der Waals surface area contributed by atoms with E-state index in [9.17, 15) is 0 Å². The summed E-state index contributed by atoms with van der Waals surface area (Å²) >= 11 is 0. The van der Waals surface area contributed by atoms with E-state index in [2.05, 4.69) is 70.0 Å². The van der Waals surface area contributed by atoms with Crippen LogP contribution in [0.3, 0.4) is 0 Å². The van der Waals surface area contributed by atoms with Crippen LogP contribution in [0.2, 0.25) is 19.6 Å². The maximum atomic E-state index is 2.93. The van der Waals surface area contributed by atoms with Crippen molar-refractivity contribution >= 4 is 26.6 Å². The van der Waals surface area contributed by atoms with E-state index in [0.29, 0.717) is 0 Å². The molecule has 0 aliphatic carbocycles. The van der Waals surface area contributed by atoms with Crippen molar-refractivity contribution in [3.63, 3.8) is 0 Å². The third-order valence-electron chi connectivity index (χ3n) is 3.41. The van der Waals surface area contributed by atoms with Crippen LogP contribution < -0.4 is 0 Å². The first-order chi connectivity index (χ1) is 7.57. The van der Waals surface area contributed by atoms with Gasteiger partial charge in [-0.05, 0) is 18.1 Å². The van der Waals surface area contributed by atoms with Crippen molar-refractivity contribution in [2.75, 3.05) is 0 Å². The van der Waals surface area contributed by atoms with Gasteiger partial charge in [0.15, 0.2) is 0 Å². The smallest absolute Gasteiger partial charge is 0.112 e. The molecule has 0 saturated heterocycles. The lowest BCUT2D eigenvalue weighted by molar-refractivity contribution is 0.316. The number of nitrogens with zero attached hydrogens (tertiary/aromatic N) is 2. The minimum absolute atomic E-state index is 0.000478. The molecule has 0 heterocycles. The van der Waals surface area contributed by atoms with Gasteiger partial charge in [-0.15, -0.1) is 0 Å². The quantitative estimate of drug-likeness (QED) is 0.659. The minimum atomic E-state index is -1.08. The molecule has 0 saturated carbocycles. The summed E-state index contributed by atoms with van der Waals surface area (Å²) < 4.78 is 5.72. The molecule has 0 N–H and O–H groups in total. The molecule has 2 nitrogen and oxygen atoms in total. The van der Waals surface area contributed by atoms with Crippen molar-refractivity contribution in [1.82, 2.24) is 8.80 Å². The first-order valence-electron chi connectivity index (χ1n) is 7.09. The van der Waals surface area contributed by atoms with Crippen LogP contribution in [0.15, 0.2) is 0 Å². The van der Waals surface area contributed by atoms with Gasteiger partial charge in [0.1, 0.15) is 8.24 Å². The van der Waals surface area contributed by atoms with E-state index in [1.807, 2.05) is 0 Å². The Morgan fingerprint density at radius 2 is 1.12 bits per heavy atom. The highest BCUT2D eigenvalue weighted by Gasteiger charge is 2.27. The lowest BCUT2D eigenvalue weighted by atomic mass is 10.3. The number of rotatable bonds is 7. The van der Waals surface area contributed by atoms with Crippen LogP contribution in [-0.4, -0.2) is 53.6 Å². The van der Waals surface area contributed by atoms with Crippen LogP contribution in [0.25, 0.3) is 0 Å². The van der Waals surface area contributed by atoms with Gasteiger partial charge in [-0.3, -0.25) is 0 Å². The number of hydrogen-bond acceptors (Lipinski definition) is 2. The molecule has 0 aliphatic rings. The second-order valence-electron chi connectivity index (χ2n) is 6.88. The average molecular weight is 291 g/mol. The summed E-state index contributed by atoms with van der Waals surface area (Å²) in [5.41, 5.74) is 0. The second-order valence-corrected chi connectivity index (χ2v) is 17.4. The van der Waals surface area contributed by atoms with Gasteiger partial charge in [-0.1, -0.05) is 61.2 Å². The fourth-order valence-electron chi connectivity index (χ4n) is 2.70. The van der Waals surface area contributed by atoms with Crippen LogP contribution in [0, 0.1) is 0 Å². The van der Waals surface area contributed by atoms with Gasteiger partial charge in [-0.25, -0.2) is 0 Å². The topological polar surface area (TPSA) is 6.48 Å². The summed E-state index contributed by atoms with van der Waals surface area (Å²) in [6, 6.07) is 2.25. The molecule has 0 fully saturated rings. The van der Waals surface area contributed by atoms with Crippen LogP contribution in [0.4, 0.5) is 0 Å². The number of hydrogen-bond donors (Lipinski definition) is 0. The third kappa shape index (κ3) is 6.33. The Morgan fingerprint density at radius 3 is 1.35 bits per heavy atom. The maximum absolute atomic E-state index is 2.93. The molecular weight excluding hydrogens is 256 g/mol. The lowest BCUT2D eigenvalue weighted by Gasteiger charge is -2.40.